The first-order chi connectivity index (χ1) is 8.25. The molecule has 1 aromatic heterocycles. The highest BCUT2D eigenvalue weighted by molar-refractivity contribution is 6.29. The van der Waals surface area contributed by atoms with Crippen LogP contribution in [0.15, 0.2) is 18.3 Å². The Morgan fingerprint density at radius 1 is 1.59 bits per heavy atom. The van der Waals surface area contributed by atoms with Crippen molar-refractivity contribution < 1.29 is 14.4 Å². The van der Waals surface area contributed by atoms with Gasteiger partial charge in [-0.3, -0.25) is 4.79 Å². The average Bonchev–Trinajstić information content (AvgIpc) is 2.37. The van der Waals surface area contributed by atoms with Crippen molar-refractivity contribution in [3.63, 3.8) is 0 Å². The Bertz CT molecular complexity index is 394. The highest BCUT2D eigenvalue weighted by atomic mass is 35.5. The van der Waals surface area contributed by atoms with Gasteiger partial charge in [0.1, 0.15) is 5.15 Å². The Morgan fingerprint density at radius 2 is 2.47 bits per heavy atom. The number of ether oxygens (including phenoxy) is 1. The molecule has 1 aliphatic rings. The molecule has 1 fully saturated rings. The Labute approximate surface area is 104 Å². The van der Waals surface area contributed by atoms with Gasteiger partial charge in [0, 0.05) is 24.8 Å². The first kappa shape index (κ1) is 12.3. The van der Waals surface area contributed by atoms with Crippen LogP contribution in [0.5, 0.6) is 0 Å². The molecule has 0 saturated carbocycles. The van der Waals surface area contributed by atoms with Crippen LogP contribution in [0.4, 0.5) is 0 Å². The molecule has 6 heteroatoms. The number of halogens is 1. The van der Waals surface area contributed by atoms with E-state index in [-0.39, 0.29) is 17.4 Å². The number of nitrogens with one attached hydrogen (secondary N) is 1. The Morgan fingerprint density at radius 3 is 3.18 bits per heavy atom. The van der Waals surface area contributed by atoms with Crippen molar-refractivity contribution in [3.05, 3.63) is 29.0 Å². The minimum Gasteiger partial charge on any atom is -0.350 e. The zero-order valence-electron chi connectivity index (χ0n) is 9.19. The van der Waals surface area contributed by atoms with Gasteiger partial charge in [0.15, 0.2) is 6.29 Å². The fourth-order valence-corrected chi connectivity index (χ4v) is 1.70. The van der Waals surface area contributed by atoms with Crippen molar-refractivity contribution in [2.24, 2.45) is 0 Å². The van der Waals surface area contributed by atoms with Crippen LogP contribution in [-0.2, 0) is 9.57 Å². The van der Waals surface area contributed by atoms with Crippen LogP contribution in [-0.4, -0.2) is 23.8 Å². The summed E-state index contributed by atoms with van der Waals surface area (Å²) in [6, 6.07) is 3.04. The predicted molar refractivity (Wildman–Crippen MR) is 61.4 cm³/mol. The number of rotatable bonds is 3. The standard InChI is InChI=1S/C11H13ClN2O3/c12-9-7-8(4-5-13-9)11(15)14-17-10-3-1-2-6-16-10/h4-5,7,10H,1-3,6H2,(H,14,15)/t10-/m1/s1. The summed E-state index contributed by atoms with van der Waals surface area (Å²) in [5, 5.41) is 0.270. The smallest absolute Gasteiger partial charge is 0.275 e. The molecule has 0 aliphatic carbocycles. The summed E-state index contributed by atoms with van der Waals surface area (Å²) in [5.41, 5.74) is 2.75. The summed E-state index contributed by atoms with van der Waals surface area (Å²) in [6.07, 6.45) is 3.98. The van der Waals surface area contributed by atoms with Gasteiger partial charge in [-0.15, -0.1) is 0 Å². The van der Waals surface area contributed by atoms with Crippen molar-refractivity contribution in [1.82, 2.24) is 10.5 Å². The lowest BCUT2D eigenvalue weighted by molar-refractivity contribution is -0.186. The lowest BCUT2D eigenvalue weighted by atomic mass is 10.2. The van der Waals surface area contributed by atoms with Crippen LogP contribution < -0.4 is 5.48 Å². The molecule has 0 unspecified atom stereocenters. The van der Waals surface area contributed by atoms with E-state index in [4.69, 9.17) is 21.2 Å². The molecule has 1 aromatic rings. The maximum Gasteiger partial charge on any atom is 0.275 e. The first-order valence-corrected chi connectivity index (χ1v) is 5.82. The van der Waals surface area contributed by atoms with Crippen LogP contribution in [0.2, 0.25) is 5.15 Å². The molecular weight excluding hydrogens is 244 g/mol. The minimum absolute atomic E-state index is 0.270. The number of carbonyl (C=O) groups excluding carboxylic acids is 1. The highest BCUT2D eigenvalue weighted by Crippen LogP contribution is 2.13. The van der Waals surface area contributed by atoms with Crippen molar-refractivity contribution >= 4 is 17.5 Å². The molecule has 0 bridgehead atoms. The monoisotopic (exact) mass is 256 g/mol. The number of hydrogen-bond acceptors (Lipinski definition) is 4. The molecule has 1 amide bonds. The number of hydrogen-bond donors (Lipinski definition) is 1. The van der Waals surface area contributed by atoms with Crippen molar-refractivity contribution in [2.75, 3.05) is 6.61 Å². The van der Waals surface area contributed by atoms with Crippen LogP contribution in [0.25, 0.3) is 0 Å². The molecule has 1 aliphatic heterocycles. The van der Waals surface area contributed by atoms with E-state index >= 15 is 0 Å². The molecule has 0 spiro atoms. The van der Waals surface area contributed by atoms with Crippen LogP contribution >= 0.6 is 11.6 Å². The van der Waals surface area contributed by atoms with Gasteiger partial charge in [-0.25, -0.2) is 15.3 Å². The molecule has 17 heavy (non-hydrogen) atoms. The van der Waals surface area contributed by atoms with Crippen LogP contribution in [0.1, 0.15) is 29.6 Å². The topological polar surface area (TPSA) is 60.5 Å². The van der Waals surface area contributed by atoms with E-state index in [1.165, 1.54) is 12.3 Å². The van der Waals surface area contributed by atoms with E-state index < -0.39 is 0 Å². The number of nitrogens with zero attached hydrogens (tertiary/aromatic N) is 1. The lowest BCUT2D eigenvalue weighted by Crippen LogP contribution is -2.33. The van der Waals surface area contributed by atoms with E-state index in [9.17, 15) is 4.79 Å². The summed E-state index contributed by atoms with van der Waals surface area (Å²) in [6.45, 7) is 0.668. The molecular formula is C11H13ClN2O3. The van der Waals surface area contributed by atoms with E-state index in [2.05, 4.69) is 10.5 Å². The zero-order chi connectivity index (χ0) is 12.1. The third-order valence-electron chi connectivity index (χ3n) is 2.41. The molecule has 5 nitrogen and oxygen atoms in total. The van der Waals surface area contributed by atoms with E-state index in [1.807, 2.05) is 0 Å². The van der Waals surface area contributed by atoms with E-state index in [1.54, 1.807) is 6.07 Å². The predicted octanol–water partition coefficient (Wildman–Crippen LogP) is 1.92. The van der Waals surface area contributed by atoms with Crippen molar-refractivity contribution in [2.45, 2.75) is 25.6 Å². The number of carbonyl (C=O) groups is 1. The molecule has 1 saturated heterocycles. The average molecular weight is 257 g/mol. The maximum absolute atomic E-state index is 11.7. The molecule has 0 aromatic carbocycles. The minimum atomic E-state index is -0.358. The fourth-order valence-electron chi connectivity index (χ4n) is 1.53. The Balaban J connectivity index is 1.84. The van der Waals surface area contributed by atoms with Crippen molar-refractivity contribution in [1.29, 1.82) is 0 Å². The largest absolute Gasteiger partial charge is 0.350 e. The summed E-state index contributed by atoms with van der Waals surface area (Å²) in [5.74, 6) is -0.358. The summed E-state index contributed by atoms with van der Waals surface area (Å²) >= 11 is 5.68. The second-order valence-electron chi connectivity index (χ2n) is 3.71. The highest BCUT2D eigenvalue weighted by Gasteiger charge is 2.16. The molecule has 0 radical (unpaired) electrons. The van der Waals surface area contributed by atoms with Gasteiger partial charge < -0.3 is 4.74 Å². The SMILES string of the molecule is O=C(NO[C@@H]1CCCCO1)c1ccnc(Cl)c1. The fraction of sp³-hybridized carbons (Fsp3) is 0.455. The first-order valence-electron chi connectivity index (χ1n) is 5.45. The number of pyridine rings is 1. The summed E-state index contributed by atoms with van der Waals surface area (Å²) in [4.78, 5) is 20.6. The Kier molecular flexibility index (Phi) is 4.30. The van der Waals surface area contributed by atoms with Gasteiger partial charge in [0.05, 0.1) is 0 Å². The van der Waals surface area contributed by atoms with Crippen molar-refractivity contribution in [3.8, 4) is 0 Å². The summed E-state index contributed by atoms with van der Waals surface area (Å²) < 4.78 is 5.31. The summed E-state index contributed by atoms with van der Waals surface area (Å²) in [7, 11) is 0. The second-order valence-corrected chi connectivity index (χ2v) is 4.10. The van der Waals surface area contributed by atoms with Gasteiger partial charge >= 0.3 is 0 Å². The third-order valence-corrected chi connectivity index (χ3v) is 2.62. The molecule has 1 N–H and O–H groups in total. The van der Waals surface area contributed by atoms with E-state index in [0.29, 0.717) is 12.2 Å². The van der Waals surface area contributed by atoms with Gasteiger partial charge in [-0.05, 0) is 25.0 Å². The van der Waals surface area contributed by atoms with Gasteiger partial charge in [0.2, 0.25) is 0 Å². The van der Waals surface area contributed by atoms with Gasteiger partial charge in [0.25, 0.3) is 5.91 Å². The third kappa shape index (κ3) is 3.66. The molecule has 92 valence electrons. The number of aromatic nitrogens is 1. The van der Waals surface area contributed by atoms with Crippen LogP contribution in [0.3, 0.4) is 0 Å². The van der Waals surface area contributed by atoms with Gasteiger partial charge in [-0.1, -0.05) is 11.6 Å². The van der Waals surface area contributed by atoms with Gasteiger partial charge in [-0.2, -0.15) is 0 Å². The molecule has 2 heterocycles. The Hall–Kier alpha value is -1.17. The normalized spacial score (nSPS) is 19.9. The lowest BCUT2D eigenvalue weighted by Gasteiger charge is -2.22. The number of amides is 1. The molecule has 1 atom stereocenters. The maximum atomic E-state index is 11.7. The van der Waals surface area contributed by atoms with Crippen LogP contribution in [0, 0.1) is 0 Å². The van der Waals surface area contributed by atoms with E-state index in [0.717, 1.165) is 19.3 Å². The second kappa shape index (κ2) is 5.95. The quantitative estimate of drug-likeness (QED) is 0.663. The number of hydroxylamine groups is 1. The molecule has 2 rings (SSSR count). The zero-order valence-corrected chi connectivity index (χ0v) is 9.94.